The molecule has 0 amide bonds. The average molecular weight is 224 g/mol. The van der Waals surface area contributed by atoms with Crippen molar-refractivity contribution in [3.05, 3.63) is 45.9 Å². The fourth-order valence-electron chi connectivity index (χ4n) is 1.24. The predicted octanol–water partition coefficient (Wildman–Crippen LogP) is 2.64. The molecular formula is C9H6ClN3O2. The van der Waals surface area contributed by atoms with E-state index in [1.165, 1.54) is 18.5 Å². The standard InChI is InChI=1S/C9H6ClN3O2/c10-7-3-6(8-4-11-5-12-8)1-2-9(7)13(14)15/h1-5H,(H,11,12). The Morgan fingerprint density at radius 2 is 2.27 bits per heavy atom. The second-order valence-corrected chi connectivity index (χ2v) is 3.30. The number of hydrogen-bond acceptors (Lipinski definition) is 3. The Morgan fingerprint density at radius 3 is 2.80 bits per heavy atom. The van der Waals surface area contributed by atoms with E-state index in [2.05, 4.69) is 9.97 Å². The largest absolute Gasteiger partial charge is 0.345 e. The maximum absolute atomic E-state index is 10.5. The van der Waals surface area contributed by atoms with Gasteiger partial charge in [0.25, 0.3) is 5.69 Å². The second-order valence-electron chi connectivity index (χ2n) is 2.89. The SMILES string of the molecule is O=[N+]([O-])c1ccc(-c2cnc[nH]2)cc1Cl. The number of aromatic nitrogens is 2. The van der Waals surface area contributed by atoms with Gasteiger partial charge in [0.2, 0.25) is 0 Å². The van der Waals surface area contributed by atoms with E-state index in [9.17, 15) is 10.1 Å². The highest BCUT2D eigenvalue weighted by molar-refractivity contribution is 6.32. The van der Waals surface area contributed by atoms with Crippen LogP contribution in [-0.4, -0.2) is 14.9 Å². The molecule has 2 aromatic rings. The topological polar surface area (TPSA) is 71.8 Å². The van der Waals surface area contributed by atoms with Crippen molar-refractivity contribution in [1.82, 2.24) is 9.97 Å². The molecule has 1 aromatic heterocycles. The molecule has 1 N–H and O–H groups in total. The van der Waals surface area contributed by atoms with Gasteiger partial charge in [0, 0.05) is 11.6 Å². The van der Waals surface area contributed by atoms with Gasteiger partial charge >= 0.3 is 0 Å². The summed E-state index contributed by atoms with van der Waals surface area (Å²) in [7, 11) is 0. The van der Waals surface area contributed by atoms with Crippen molar-refractivity contribution in [2.75, 3.05) is 0 Å². The van der Waals surface area contributed by atoms with Crippen LogP contribution in [0.5, 0.6) is 0 Å². The second kappa shape index (κ2) is 3.70. The van der Waals surface area contributed by atoms with Gasteiger partial charge in [-0.15, -0.1) is 0 Å². The minimum absolute atomic E-state index is 0.0973. The van der Waals surface area contributed by atoms with Crippen molar-refractivity contribution < 1.29 is 4.92 Å². The zero-order valence-corrected chi connectivity index (χ0v) is 8.23. The zero-order valence-electron chi connectivity index (χ0n) is 7.48. The normalized spacial score (nSPS) is 10.2. The Morgan fingerprint density at radius 1 is 1.47 bits per heavy atom. The number of aromatic amines is 1. The first-order valence-corrected chi connectivity index (χ1v) is 4.49. The van der Waals surface area contributed by atoms with Gasteiger partial charge in [0.05, 0.1) is 23.1 Å². The maximum atomic E-state index is 10.5. The lowest BCUT2D eigenvalue weighted by Gasteiger charge is -1.99. The van der Waals surface area contributed by atoms with Crippen LogP contribution in [0.1, 0.15) is 0 Å². The number of imidazole rings is 1. The van der Waals surface area contributed by atoms with Crippen molar-refractivity contribution in [3.63, 3.8) is 0 Å². The highest BCUT2D eigenvalue weighted by atomic mass is 35.5. The molecule has 0 spiro atoms. The Kier molecular flexibility index (Phi) is 2.39. The molecule has 6 heteroatoms. The zero-order chi connectivity index (χ0) is 10.8. The van der Waals surface area contributed by atoms with Crippen LogP contribution in [0.2, 0.25) is 5.02 Å². The minimum atomic E-state index is -0.515. The van der Waals surface area contributed by atoms with Gasteiger partial charge < -0.3 is 4.98 Å². The molecule has 2 rings (SSSR count). The molecule has 1 heterocycles. The number of nitrogens with one attached hydrogen (secondary N) is 1. The summed E-state index contributed by atoms with van der Waals surface area (Å²) in [6.07, 6.45) is 3.15. The Bertz CT molecular complexity index is 496. The van der Waals surface area contributed by atoms with Crippen LogP contribution in [0.15, 0.2) is 30.7 Å². The highest BCUT2D eigenvalue weighted by Crippen LogP contribution is 2.28. The number of benzene rings is 1. The van der Waals surface area contributed by atoms with E-state index >= 15 is 0 Å². The first kappa shape index (κ1) is 9.67. The fraction of sp³-hybridized carbons (Fsp3) is 0. The molecule has 0 atom stereocenters. The van der Waals surface area contributed by atoms with Crippen LogP contribution < -0.4 is 0 Å². The number of nitro groups is 1. The number of rotatable bonds is 2. The lowest BCUT2D eigenvalue weighted by Crippen LogP contribution is -1.89. The first-order valence-electron chi connectivity index (χ1n) is 4.11. The molecule has 1 aromatic carbocycles. The fourth-order valence-corrected chi connectivity index (χ4v) is 1.49. The van der Waals surface area contributed by atoms with Gasteiger partial charge in [0.15, 0.2) is 0 Å². The van der Waals surface area contributed by atoms with Crippen LogP contribution in [0.25, 0.3) is 11.3 Å². The molecular weight excluding hydrogens is 218 g/mol. The summed E-state index contributed by atoms with van der Waals surface area (Å²) in [6, 6.07) is 4.53. The number of halogens is 1. The maximum Gasteiger partial charge on any atom is 0.287 e. The highest BCUT2D eigenvalue weighted by Gasteiger charge is 2.12. The average Bonchev–Trinajstić information content (AvgIpc) is 2.69. The smallest absolute Gasteiger partial charge is 0.287 e. The van der Waals surface area contributed by atoms with Crippen LogP contribution >= 0.6 is 11.6 Å². The Labute approximate surface area is 89.9 Å². The Hall–Kier alpha value is -1.88. The molecule has 0 bridgehead atoms. The molecule has 0 aliphatic rings. The molecule has 76 valence electrons. The third-order valence-electron chi connectivity index (χ3n) is 1.95. The number of hydrogen-bond donors (Lipinski definition) is 1. The van der Waals surface area contributed by atoms with E-state index in [4.69, 9.17) is 11.6 Å². The van der Waals surface area contributed by atoms with E-state index in [0.717, 1.165) is 11.3 Å². The summed E-state index contributed by atoms with van der Waals surface area (Å²) in [4.78, 5) is 16.7. The van der Waals surface area contributed by atoms with Gasteiger partial charge in [-0.2, -0.15) is 0 Å². The van der Waals surface area contributed by atoms with E-state index in [1.807, 2.05) is 0 Å². The third-order valence-corrected chi connectivity index (χ3v) is 2.26. The summed E-state index contributed by atoms with van der Waals surface area (Å²) >= 11 is 5.77. The van der Waals surface area contributed by atoms with Crippen LogP contribution in [0, 0.1) is 10.1 Å². The molecule has 0 saturated carbocycles. The van der Waals surface area contributed by atoms with Crippen LogP contribution in [0.4, 0.5) is 5.69 Å². The first-order chi connectivity index (χ1) is 7.18. The monoisotopic (exact) mass is 223 g/mol. The molecule has 0 saturated heterocycles. The molecule has 0 radical (unpaired) electrons. The van der Waals surface area contributed by atoms with Gasteiger partial charge in [-0.3, -0.25) is 10.1 Å². The summed E-state index contributed by atoms with van der Waals surface area (Å²) in [5.41, 5.74) is 1.44. The molecule has 0 aliphatic carbocycles. The van der Waals surface area contributed by atoms with Crippen LogP contribution in [0.3, 0.4) is 0 Å². The molecule has 0 aliphatic heterocycles. The third kappa shape index (κ3) is 1.82. The Balaban J connectivity index is 2.47. The summed E-state index contributed by atoms with van der Waals surface area (Å²) < 4.78 is 0. The van der Waals surface area contributed by atoms with Gasteiger partial charge in [-0.1, -0.05) is 11.6 Å². The predicted molar refractivity (Wildman–Crippen MR) is 55.7 cm³/mol. The molecule has 0 fully saturated rings. The lowest BCUT2D eigenvalue weighted by molar-refractivity contribution is -0.384. The van der Waals surface area contributed by atoms with Crippen molar-refractivity contribution in [1.29, 1.82) is 0 Å². The molecule has 0 unspecified atom stereocenters. The summed E-state index contributed by atoms with van der Waals surface area (Å²) in [5, 5.41) is 10.6. The lowest BCUT2D eigenvalue weighted by atomic mass is 10.1. The van der Waals surface area contributed by atoms with Gasteiger partial charge in [-0.25, -0.2) is 4.98 Å². The van der Waals surface area contributed by atoms with Crippen molar-refractivity contribution >= 4 is 17.3 Å². The molecule has 5 nitrogen and oxygen atoms in total. The van der Waals surface area contributed by atoms with Crippen molar-refractivity contribution in [2.24, 2.45) is 0 Å². The quantitative estimate of drug-likeness (QED) is 0.628. The number of nitrogens with zero attached hydrogens (tertiary/aromatic N) is 2. The summed E-state index contributed by atoms with van der Waals surface area (Å²) in [6.45, 7) is 0. The van der Waals surface area contributed by atoms with Crippen molar-refractivity contribution in [3.8, 4) is 11.3 Å². The van der Waals surface area contributed by atoms with E-state index in [0.29, 0.717) is 0 Å². The van der Waals surface area contributed by atoms with Crippen LogP contribution in [-0.2, 0) is 0 Å². The number of nitro benzene ring substituents is 1. The van der Waals surface area contributed by atoms with E-state index in [-0.39, 0.29) is 10.7 Å². The van der Waals surface area contributed by atoms with Gasteiger partial charge in [-0.05, 0) is 12.1 Å². The van der Waals surface area contributed by atoms with E-state index < -0.39 is 4.92 Å². The minimum Gasteiger partial charge on any atom is -0.345 e. The van der Waals surface area contributed by atoms with Crippen molar-refractivity contribution in [2.45, 2.75) is 0 Å². The number of H-pyrrole nitrogens is 1. The molecule has 15 heavy (non-hydrogen) atoms. The van der Waals surface area contributed by atoms with E-state index in [1.54, 1.807) is 12.3 Å². The summed E-state index contributed by atoms with van der Waals surface area (Å²) in [5.74, 6) is 0. The van der Waals surface area contributed by atoms with Gasteiger partial charge in [0.1, 0.15) is 5.02 Å².